The Kier molecular flexibility index (Phi) is 15.8. The summed E-state index contributed by atoms with van der Waals surface area (Å²) in [6.45, 7) is 3.99. The lowest BCUT2D eigenvalue weighted by molar-refractivity contribution is -0.132. The molecule has 0 aromatic heterocycles. The molecular weight excluding hydrogens is 296 g/mol. The predicted molar refractivity (Wildman–Crippen MR) is 105 cm³/mol. The molecule has 0 heterocycles. The van der Waals surface area contributed by atoms with Crippen LogP contribution in [0, 0.1) is 0 Å². The van der Waals surface area contributed by atoms with E-state index in [9.17, 15) is 4.79 Å². The highest BCUT2D eigenvalue weighted by Crippen LogP contribution is 2.02. The molecule has 0 aliphatic carbocycles. The number of rotatable bonds is 13. The molecule has 0 atom stereocenters. The van der Waals surface area contributed by atoms with E-state index in [-0.39, 0.29) is 0 Å². The quantitative estimate of drug-likeness (QED) is 0.180. The fraction of sp³-hybridized carbons (Fsp3) is 0.409. The van der Waals surface area contributed by atoms with Crippen LogP contribution in [0.3, 0.4) is 0 Å². The van der Waals surface area contributed by atoms with Crippen molar-refractivity contribution in [3.63, 3.8) is 0 Å². The topological polar surface area (TPSA) is 37.3 Å². The summed E-state index contributed by atoms with van der Waals surface area (Å²) in [5.41, 5.74) is 0.447. The molecule has 0 saturated heterocycles. The molecule has 0 bridgehead atoms. The molecule has 0 aromatic carbocycles. The molecule has 0 aliphatic rings. The number of carboxylic acid groups (broad SMARTS) is 1. The normalized spacial score (nSPS) is 13.5. The van der Waals surface area contributed by atoms with Gasteiger partial charge in [-0.25, -0.2) is 4.79 Å². The maximum Gasteiger partial charge on any atom is 0.331 e. The largest absolute Gasteiger partial charge is 0.478 e. The zero-order chi connectivity index (χ0) is 17.9. The molecule has 1 N–H and O–H groups in total. The number of hydrogen-bond acceptors (Lipinski definition) is 1. The fourth-order valence-corrected chi connectivity index (χ4v) is 1.91. The fourth-order valence-electron chi connectivity index (χ4n) is 1.91. The first-order valence-electron chi connectivity index (χ1n) is 8.91. The number of allylic oxidation sites excluding steroid dienone is 11. The van der Waals surface area contributed by atoms with Crippen molar-refractivity contribution in [2.24, 2.45) is 0 Å². The number of carbonyl (C=O) groups is 1. The van der Waals surface area contributed by atoms with Crippen molar-refractivity contribution in [2.75, 3.05) is 0 Å². The Morgan fingerprint density at radius 1 is 0.750 bits per heavy atom. The van der Waals surface area contributed by atoms with Crippen LogP contribution in [-0.2, 0) is 4.79 Å². The van der Waals surface area contributed by atoms with Gasteiger partial charge in [-0.3, -0.25) is 0 Å². The molecule has 24 heavy (non-hydrogen) atoms. The first-order chi connectivity index (χ1) is 11.7. The highest BCUT2D eigenvalue weighted by molar-refractivity contribution is 5.86. The maximum absolute atomic E-state index is 10.8. The minimum absolute atomic E-state index is 0.447. The number of aliphatic carboxylic acids is 1. The summed E-state index contributed by atoms with van der Waals surface area (Å²) in [5.74, 6) is -0.832. The average molecular weight is 328 g/mol. The van der Waals surface area contributed by atoms with Crippen molar-refractivity contribution in [2.45, 2.75) is 58.8 Å². The van der Waals surface area contributed by atoms with Gasteiger partial charge >= 0.3 is 5.97 Å². The first kappa shape index (κ1) is 21.9. The van der Waals surface area contributed by atoms with E-state index >= 15 is 0 Å². The van der Waals surface area contributed by atoms with Crippen molar-refractivity contribution in [3.05, 3.63) is 72.4 Å². The second kappa shape index (κ2) is 17.3. The molecule has 0 radical (unpaired) electrons. The smallest absolute Gasteiger partial charge is 0.331 e. The minimum atomic E-state index is -0.832. The van der Waals surface area contributed by atoms with Gasteiger partial charge in [-0.2, -0.15) is 0 Å². The molecule has 2 heteroatoms. The monoisotopic (exact) mass is 328 g/mol. The average Bonchev–Trinajstić information content (AvgIpc) is 2.57. The van der Waals surface area contributed by atoms with E-state index < -0.39 is 5.97 Å². The van der Waals surface area contributed by atoms with Crippen LogP contribution in [-0.4, -0.2) is 11.1 Å². The molecule has 0 fully saturated rings. The van der Waals surface area contributed by atoms with E-state index in [1.807, 2.05) is 19.1 Å². The van der Waals surface area contributed by atoms with Gasteiger partial charge in [-0.1, -0.05) is 80.7 Å². The third kappa shape index (κ3) is 14.8. The van der Waals surface area contributed by atoms with Gasteiger partial charge in [0.05, 0.1) is 0 Å². The Balaban J connectivity index is 3.71. The molecule has 0 amide bonds. The van der Waals surface area contributed by atoms with Gasteiger partial charge in [-0.15, -0.1) is 0 Å². The van der Waals surface area contributed by atoms with Gasteiger partial charge in [0.1, 0.15) is 0 Å². The highest BCUT2D eigenvalue weighted by atomic mass is 16.4. The van der Waals surface area contributed by atoms with E-state index in [0.717, 1.165) is 38.5 Å². The van der Waals surface area contributed by atoms with Crippen LogP contribution in [0.2, 0.25) is 0 Å². The number of carboxylic acids is 1. The van der Waals surface area contributed by atoms with Crippen LogP contribution in [0.15, 0.2) is 72.4 Å². The Labute approximate surface area is 147 Å². The van der Waals surface area contributed by atoms with Gasteiger partial charge in [0, 0.05) is 5.57 Å². The summed E-state index contributed by atoms with van der Waals surface area (Å²) < 4.78 is 0. The number of unbranched alkanes of at least 4 members (excludes halogenated alkanes) is 1. The van der Waals surface area contributed by atoms with Crippen molar-refractivity contribution >= 4 is 5.97 Å². The Hall–Kier alpha value is -2.09. The zero-order valence-corrected chi connectivity index (χ0v) is 15.2. The van der Waals surface area contributed by atoms with Crippen LogP contribution in [0.5, 0.6) is 0 Å². The van der Waals surface area contributed by atoms with Gasteiger partial charge in [0.2, 0.25) is 0 Å². The second-order valence-corrected chi connectivity index (χ2v) is 5.36. The molecule has 0 saturated carbocycles. The van der Waals surface area contributed by atoms with Gasteiger partial charge in [0.25, 0.3) is 0 Å². The SMILES string of the molecule is CC/C=C\C/C=C\C/C=C\C/C=C\CC/C=C/C=C(\CC)C(=O)O. The van der Waals surface area contributed by atoms with E-state index in [1.165, 1.54) is 0 Å². The summed E-state index contributed by atoms with van der Waals surface area (Å²) in [4.78, 5) is 10.8. The summed E-state index contributed by atoms with van der Waals surface area (Å²) >= 11 is 0. The Morgan fingerprint density at radius 3 is 1.75 bits per heavy atom. The molecule has 0 spiro atoms. The molecule has 0 unspecified atom stereocenters. The van der Waals surface area contributed by atoms with Gasteiger partial charge in [0.15, 0.2) is 0 Å². The lowest BCUT2D eigenvalue weighted by Crippen LogP contribution is -1.97. The first-order valence-corrected chi connectivity index (χ1v) is 8.91. The minimum Gasteiger partial charge on any atom is -0.478 e. The molecule has 132 valence electrons. The third-order valence-electron chi connectivity index (χ3n) is 3.31. The predicted octanol–water partition coefficient (Wildman–Crippen LogP) is 6.55. The zero-order valence-electron chi connectivity index (χ0n) is 15.2. The highest BCUT2D eigenvalue weighted by Gasteiger charge is 2.00. The van der Waals surface area contributed by atoms with Crippen molar-refractivity contribution < 1.29 is 9.90 Å². The second-order valence-electron chi connectivity index (χ2n) is 5.36. The molecule has 2 nitrogen and oxygen atoms in total. The molecule has 0 aromatic rings. The summed E-state index contributed by atoms with van der Waals surface area (Å²) in [6.07, 6.45) is 29.6. The van der Waals surface area contributed by atoms with Crippen LogP contribution < -0.4 is 0 Å². The van der Waals surface area contributed by atoms with Crippen molar-refractivity contribution in [1.29, 1.82) is 0 Å². The summed E-state index contributed by atoms with van der Waals surface area (Å²) in [7, 11) is 0. The van der Waals surface area contributed by atoms with Gasteiger partial charge in [-0.05, 0) is 44.9 Å². The molecular formula is C22H32O2. The van der Waals surface area contributed by atoms with Crippen LogP contribution in [0.1, 0.15) is 58.8 Å². The van der Waals surface area contributed by atoms with E-state index in [2.05, 4.69) is 55.5 Å². The van der Waals surface area contributed by atoms with Gasteiger partial charge < -0.3 is 5.11 Å². The lowest BCUT2D eigenvalue weighted by Gasteiger charge is -1.93. The molecule has 0 aliphatic heterocycles. The van der Waals surface area contributed by atoms with E-state index in [4.69, 9.17) is 5.11 Å². The number of hydrogen-bond donors (Lipinski definition) is 1. The summed E-state index contributed by atoms with van der Waals surface area (Å²) in [5, 5.41) is 8.87. The third-order valence-corrected chi connectivity index (χ3v) is 3.31. The van der Waals surface area contributed by atoms with E-state index in [0.29, 0.717) is 12.0 Å². The summed E-state index contributed by atoms with van der Waals surface area (Å²) in [6, 6.07) is 0. The Bertz CT molecular complexity index is 488. The Morgan fingerprint density at radius 2 is 1.25 bits per heavy atom. The standard InChI is InChI=1S/C22H32O2/c1-3-5-6-7-8-9-10-11-12-13-14-15-16-17-18-19-20-21(4-2)22(23)24/h5-6,8-9,11-12,14-15,18-20H,3-4,7,10,13,16-17H2,1-2H3,(H,23,24)/b6-5-,9-8-,12-11-,15-14-,19-18+,21-20+. The van der Waals surface area contributed by atoms with E-state index in [1.54, 1.807) is 6.08 Å². The molecule has 0 rings (SSSR count). The van der Waals surface area contributed by atoms with Crippen LogP contribution in [0.4, 0.5) is 0 Å². The van der Waals surface area contributed by atoms with Crippen LogP contribution >= 0.6 is 0 Å². The van der Waals surface area contributed by atoms with Crippen molar-refractivity contribution in [3.8, 4) is 0 Å². The van der Waals surface area contributed by atoms with Crippen LogP contribution in [0.25, 0.3) is 0 Å². The van der Waals surface area contributed by atoms with Crippen molar-refractivity contribution in [1.82, 2.24) is 0 Å². The maximum atomic E-state index is 10.8. The lowest BCUT2D eigenvalue weighted by atomic mass is 10.2.